The number of rotatable bonds is 42. The first-order valence-electron chi connectivity index (χ1n) is 23.7. The van der Waals surface area contributed by atoms with Crippen LogP contribution in [0.15, 0.2) is 60.8 Å². The third-order valence-electron chi connectivity index (χ3n) is 10.2. The minimum Gasteiger partial charge on any atom is -0.756 e. The molecule has 0 saturated heterocycles. The molecule has 8 nitrogen and oxygen atoms in total. The van der Waals surface area contributed by atoms with Crippen LogP contribution in [-0.4, -0.2) is 68.5 Å². The van der Waals surface area contributed by atoms with E-state index in [2.05, 4.69) is 67.8 Å². The van der Waals surface area contributed by atoms with E-state index < -0.39 is 20.0 Å². The van der Waals surface area contributed by atoms with E-state index in [4.69, 9.17) is 9.05 Å². The number of nitrogens with zero attached hydrogens (tertiary/aromatic N) is 1. The Hall–Kier alpha value is -1.80. The van der Waals surface area contributed by atoms with E-state index in [-0.39, 0.29) is 19.1 Å². The van der Waals surface area contributed by atoms with E-state index in [1.807, 2.05) is 27.2 Å². The van der Waals surface area contributed by atoms with Gasteiger partial charge in [0.05, 0.1) is 39.9 Å². The zero-order chi connectivity index (χ0) is 42.8. The number of allylic oxidation sites excluding steroid dienone is 9. The number of phosphoric acid groups is 1. The standard InChI is InChI=1S/C49H91N2O6P/c1-6-8-10-12-14-16-18-20-22-23-24-25-26-27-29-31-33-35-37-39-41-43-49(53)50-47(46-57-58(54,55)56-45-44-51(3,4)5)48(52)42-40-38-36-34-32-30-28-21-19-17-15-13-11-9-7-2/h8,10,14,16,20,22,24-25,40,42,47-48,52H,6-7,9,11-13,15,17-19,21,23,26-39,41,43-46H2,1-5H3,(H-,50,53,54,55)/b10-8-,16-14-,22-20-,25-24-,42-40+. The molecule has 0 aromatic heterocycles. The van der Waals surface area contributed by atoms with Crippen molar-refractivity contribution in [1.82, 2.24) is 5.32 Å². The van der Waals surface area contributed by atoms with Gasteiger partial charge in [0.1, 0.15) is 13.2 Å². The largest absolute Gasteiger partial charge is 0.756 e. The quantitative estimate of drug-likeness (QED) is 0.0274. The summed E-state index contributed by atoms with van der Waals surface area (Å²) in [6.45, 7) is 4.52. The number of hydrogen-bond donors (Lipinski definition) is 2. The number of phosphoric ester groups is 1. The normalized spacial score (nSPS) is 14.8. The average molecular weight is 835 g/mol. The second-order valence-electron chi connectivity index (χ2n) is 17.1. The molecule has 2 N–H and O–H groups in total. The first-order valence-corrected chi connectivity index (χ1v) is 25.1. The summed E-state index contributed by atoms with van der Waals surface area (Å²) in [6.07, 6.45) is 52.6. The molecule has 0 fully saturated rings. The molecule has 0 radical (unpaired) electrons. The maximum Gasteiger partial charge on any atom is 0.268 e. The number of aliphatic hydroxyl groups is 1. The van der Waals surface area contributed by atoms with Crippen molar-refractivity contribution >= 4 is 13.7 Å². The first kappa shape index (κ1) is 56.2. The molecule has 0 aliphatic rings. The van der Waals surface area contributed by atoms with Crippen LogP contribution in [0, 0.1) is 0 Å². The Bertz CT molecular complexity index is 1130. The molecule has 1 amide bonds. The highest BCUT2D eigenvalue weighted by Crippen LogP contribution is 2.38. The molecule has 9 heteroatoms. The lowest BCUT2D eigenvalue weighted by Gasteiger charge is -2.29. The topological polar surface area (TPSA) is 108 Å². The number of carbonyl (C=O) groups is 1. The molecule has 0 saturated carbocycles. The summed E-state index contributed by atoms with van der Waals surface area (Å²) in [5.74, 6) is -0.208. The lowest BCUT2D eigenvalue weighted by Crippen LogP contribution is -2.45. The Morgan fingerprint density at radius 1 is 0.621 bits per heavy atom. The number of hydrogen-bond acceptors (Lipinski definition) is 6. The van der Waals surface area contributed by atoms with Crippen molar-refractivity contribution in [3.8, 4) is 0 Å². The molecule has 0 aromatic carbocycles. The Morgan fingerprint density at radius 3 is 1.53 bits per heavy atom. The van der Waals surface area contributed by atoms with Crippen LogP contribution >= 0.6 is 7.82 Å². The Labute approximate surface area is 358 Å². The predicted molar refractivity (Wildman–Crippen MR) is 247 cm³/mol. The summed E-state index contributed by atoms with van der Waals surface area (Å²) < 4.78 is 23.2. The van der Waals surface area contributed by atoms with Crippen molar-refractivity contribution in [1.29, 1.82) is 0 Å². The van der Waals surface area contributed by atoms with Crippen LogP contribution in [0.5, 0.6) is 0 Å². The first-order chi connectivity index (χ1) is 28.0. The highest BCUT2D eigenvalue weighted by Gasteiger charge is 2.23. The van der Waals surface area contributed by atoms with E-state index in [0.717, 1.165) is 77.0 Å². The molecule has 0 aliphatic carbocycles. The number of nitrogens with one attached hydrogen (secondary N) is 1. The number of amides is 1. The van der Waals surface area contributed by atoms with Crippen LogP contribution in [0.2, 0.25) is 0 Å². The zero-order valence-electron chi connectivity index (χ0n) is 38.2. The second-order valence-corrected chi connectivity index (χ2v) is 18.5. The van der Waals surface area contributed by atoms with Gasteiger partial charge < -0.3 is 28.8 Å². The van der Waals surface area contributed by atoms with Crippen molar-refractivity contribution in [3.63, 3.8) is 0 Å². The Morgan fingerprint density at radius 2 is 1.05 bits per heavy atom. The molecular weight excluding hydrogens is 744 g/mol. The molecule has 0 heterocycles. The van der Waals surface area contributed by atoms with E-state index in [1.165, 1.54) is 96.3 Å². The van der Waals surface area contributed by atoms with E-state index in [9.17, 15) is 19.4 Å². The van der Waals surface area contributed by atoms with E-state index in [1.54, 1.807) is 6.08 Å². The van der Waals surface area contributed by atoms with Gasteiger partial charge in [-0.1, -0.05) is 190 Å². The summed E-state index contributed by atoms with van der Waals surface area (Å²) in [6, 6.07) is -0.892. The molecule has 338 valence electrons. The molecule has 3 atom stereocenters. The van der Waals surface area contributed by atoms with Gasteiger partial charge in [-0.3, -0.25) is 9.36 Å². The lowest BCUT2D eigenvalue weighted by molar-refractivity contribution is -0.870. The maximum atomic E-state index is 12.9. The SMILES string of the molecule is CC/C=C\C/C=C\C/C=C\C/C=C\CCCCCCCCCCC(=O)NC(COP(=O)([O-])OCC[N+](C)(C)C)C(O)/C=C/CCCCCCCCCCCCCCC. The van der Waals surface area contributed by atoms with Gasteiger partial charge in [-0.25, -0.2) is 0 Å². The van der Waals surface area contributed by atoms with Crippen LogP contribution < -0.4 is 10.2 Å². The number of aliphatic hydroxyl groups excluding tert-OH is 1. The summed E-state index contributed by atoms with van der Waals surface area (Å²) in [4.78, 5) is 25.3. The van der Waals surface area contributed by atoms with Crippen molar-refractivity contribution in [2.45, 2.75) is 206 Å². The van der Waals surface area contributed by atoms with Crippen molar-refractivity contribution in [2.75, 3.05) is 40.9 Å². The van der Waals surface area contributed by atoms with Gasteiger partial charge >= 0.3 is 0 Å². The number of unbranched alkanes of at least 4 members (excludes halogenated alkanes) is 21. The molecule has 0 aliphatic heterocycles. The summed E-state index contributed by atoms with van der Waals surface area (Å²) in [7, 11) is 1.25. The highest BCUT2D eigenvalue weighted by molar-refractivity contribution is 7.45. The molecule has 0 bridgehead atoms. The van der Waals surface area contributed by atoms with Crippen molar-refractivity contribution in [2.24, 2.45) is 0 Å². The fraction of sp³-hybridized carbons (Fsp3) is 0.776. The second kappa shape index (κ2) is 40.6. The molecule has 58 heavy (non-hydrogen) atoms. The van der Waals surface area contributed by atoms with Gasteiger partial charge in [-0.2, -0.15) is 0 Å². The van der Waals surface area contributed by atoms with Crippen LogP contribution in [0.25, 0.3) is 0 Å². The van der Waals surface area contributed by atoms with Crippen molar-refractivity contribution < 1.29 is 32.9 Å². The van der Waals surface area contributed by atoms with E-state index >= 15 is 0 Å². The number of quaternary nitrogens is 1. The fourth-order valence-electron chi connectivity index (χ4n) is 6.50. The maximum absolute atomic E-state index is 12.9. The van der Waals surface area contributed by atoms with Gasteiger partial charge in [0.25, 0.3) is 7.82 Å². The number of likely N-dealkylation sites (N-methyl/N-ethyl adjacent to an activating group) is 1. The van der Waals surface area contributed by atoms with Crippen LogP contribution in [0.1, 0.15) is 194 Å². The molecule has 0 rings (SSSR count). The van der Waals surface area contributed by atoms with Crippen LogP contribution in [-0.2, 0) is 18.4 Å². The van der Waals surface area contributed by atoms with Crippen LogP contribution in [0.3, 0.4) is 0 Å². The van der Waals surface area contributed by atoms with E-state index in [0.29, 0.717) is 17.4 Å². The monoisotopic (exact) mass is 835 g/mol. The Kier molecular flexibility index (Phi) is 39.3. The third-order valence-corrected chi connectivity index (χ3v) is 11.2. The zero-order valence-corrected chi connectivity index (χ0v) is 39.1. The highest BCUT2D eigenvalue weighted by atomic mass is 31.2. The molecular formula is C49H91N2O6P. The molecule has 0 spiro atoms. The van der Waals surface area contributed by atoms with Gasteiger partial charge in [0.2, 0.25) is 5.91 Å². The van der Waals surface area contributed by atoms with Crippen molar-refractivity contribution in [3.05, 3.63) is 60.8 Å². The summed E-state index contributed by atoms with van der Waals surface area (Å²) in [5, 5.41) is 13.8. The number of carbonyl (C=O) groups excluding carboxylic acids is 1. The minimum absolute atomic E-state index is 0.00504. The Balaban J connectivity index is 4.38. The van der Waals surface area contributed by atoms with Crippen LogP contribution in [0.4, 0.5) is 0 Å². The smallest absolute Gasteiger partial charge is 0.268 e. The van der Waals surface area contributed by atoms with Gasteiger partial charge in [-0.15, -0.1) is 0 Å². The summed E-state index contributed by atoms with van der Waals surface area (Å²) >= 11 is 0. The average Bonchev–Trinajstić information content (AvgIpc) is 3.17. The third kappa shape index (κ3) is 42.3. The molecule has 3 unspecified atom stereocenters. The van der Waals surface area contributed by atoms with Gasteiger partial charge in [0, 0.05) is 6.42 Å². The fourth-order valence-corrected chi connectivity index (χ4v) is 7.22. The van der Waals surface area contributed by atoms with Gasteiger partial charge in [0.15, 0.2) is 0 Å². The van der Waals surface area contributed by atoms with Gasteiger partial charge in [-0.05, 0) is 57.8 Å². The minimum atomic E-state index is -4.59. The summed E-state index contributed by atoms with van der Waals surface area (Å²) in [5.41, 5.74) is 0. The lowest BCUT2D eigenvalue weighted by atomic mass is 10.0. The molecule has 0 aromatic rings. The predicted octanol–water partition coefficient (Wildman–Crippen LogP) is 12.8.